The van der Waals surface area contributed by atoms with Gasteiger partial charge in [-0.3, -0.25) is 9.48 Å². The van der Waals surface area contributed by atoms with E-state index in [1.807, 2.05) is 13.8 Å². The van der Waals surface area contributed by atoms with Crippen LogP contribution in [-0.4, -0.2) is 121 Å². The SMILES string of the molecule is C[C@@H]1COC[C@@H](C)N1C(=O)c1cc(F)ccc1Oc1cncnc1N1CC2(CCN(C[C@@H]3CC[C@@H](NS(=O)(=O)c4ccn(C)n4)CO3)CC2)C1. The maximum atomic E-state index is 14.4. The first-order valence-corrected chi connectivity index (χ1v) is 18.8. The fraction of sp³-hybridized carbons (Fsp3) is 0.588. The van der Waals surface area contributed by atoms with Crippen molar-refractivity contribution in [1.82, 2.24) is 34.3 Å². The first-order valence-electron chi connectivity index (χ1n) is 17.3. The van der Waals surface area contributed by atoms with Crippen LogP contribution in [0.1, 0.15) is 49.9 Å². The molecule has 0 aliphatic carbocycles. The van der Waals surface area contributed by atoms with Gasteiger partial charge in [0.2, 0.25) is 0 Å². The number of carbonyl (C=O) groups is 1. The molecule has 0 unspecified atom stereocenters. The average molecular weight is 713 g/mol. The van der Waals surface area contributed by atoms with E-state index in [0.717, 1.165) is 52.0 Å². The summed E-state index contributed by atoms with van der Waals surface area (Å²) in [7, 11) is -1.99. The fourth-order valence-electron chi connectivity index (χ4n) is 7.63. The first kappa shape index (κ1) is 34.7. The number of carbonyl (C=O) groups excluding carboxylic acids is 1. The van der Waals surface area contributed by atoms with Gasteiger partial charge >= 0.3 is 0 Å². The van der Waals surface area contributed by atoms with E-state index < -0.39 is 15.8 Å². The largest absolute Gasteiger partial charge is 0.451 e. The van der Waals surface area contributed by atoms with Crippen LogP contribution >= 0.6 is 0 Å². The number of halogens is 1. The van der Waals surface area contributed by atoms with E-state index in [-0.39, 0.29) is 51.9 Å². The monoisotopic (exact) mass is 712 g/mol. The van der Waals surface area contributed by atoms with Crippen molar-refractivity contribution in [2.24, 2.45) is 12.5 Å². The summed E-state index contributed by atoms with van der Waals surface area (Å²) in [5.74, 6) is 0.493. The number of aryl methyl sites for hydroxylation is 1. The average Bonchev–Trinajstić information content (AvgIpc) is 3.53. The number of piperidine rings is 1. The van der Waals surface area contributed by atoms with E-state index in [1.54, 1.807) is 24.3 Å². The summed E-state index contributed by atoms with van der Waals surface area (Å²) >= 11 is 0. The summed E-state index contributed by atoms with van der Waals surface area (Å²) in [5.41, 5.74) is 0.316. The Balaban J connectivity index is 0.916. The molecular weight excluding hydrogens is 667 g/mol. The third-order valence-corrected chi connectivity index (χ3v) is 11.8. The Labute approximate surface area is 291 Å². The molecule has 0 saturated carbocycles. The van der Waals surface area contributed by atoms with E-state index in [9.17, 15) is 17.6 Å². The summed E-state index contributed by atoms with van der Waals surface area (Å²) in [6.45, 7) is 9.39. The number of anilines is 1. The minimum Gasteiger partial charge on any atom is -0.451 e. The van der Waals surface area contributed by atoms with Gasteiger partial charge in [-0.25, -0.2) is 27.5 Å². The summed E-state index contributed by atoms with van der Waals surface area (Å²) in [5, 5.41) is 4.03. The van der Waals surface area contributed by atoms with Crippen LogP contribution in [0.2, 0.25) is 0 Å². The zero-order valence-electron chi connectivity index (χ0n) is 28.7. The van der Waals surface area contributed by atoms with Gasteiger partial charge in [0, 0.05) is 44.3 Å². The minimum absolute atomic E-state index is 0.0183. The molecule has 4 atom stereocenters. The molecule has 1 N–H and O–H groups in total. The van der Waals surface area contributed by atoms with Crippen LogP contribution in [0.25, 0.3) is 0 Å². The summed E-state index contributed by atoms with van der Waals surface area (Å²) in [6.07, 6.45) is 8.33. The topological polar surface area (TPSA) is 144 Å². The molecule has 1 amide bonds. The number of nitrogens with one attached hydrogen (secondary N) is 1. The van der Waals surface area contributed by atoms with Gasteiger partial charge in [-0.05, 0) is 76.9 Å². The Morgan fingerprint density at radius 3 is 2.52 bits per heavy atom. The molecule has 1 aromatic carbocycles. The van der Waals surface area contributed by atoms with E-state index in [4.69, 9.17) is 14.2 Å². The van der Waals surface area contributed by atoms with Gasteiger partial charge in [-0.2, -0.15) is 5.10 Å². The number of benzene rings is 1. The lowest BCUT2D eigenvalue weighted by molar-refractivity contribution is -0.0299. The number of amides is 1. The summed E-state index contributed by atoms with van der Waals surface area (Å²) in [6, 6.07) is 4.90. The zero-order chi connectivity index (χ0) is 35.0. The van der Waals surface area contributed by atoms with Crippen molar-refractivity contribution >= 4 is 21.7 Å². The lowest BCUT2D eigenvalue weighted by atomic mass is 9.72. The van der Waals surface area contributed by atoms with E-state index in [2.05, 4.69) is 29.6 Å². The van der Waals surface area contributed by atoms with Crippen molar-refractivity contribution in [2.75, 3.05) is 57.4 Å². The number of sulfonamides is 1. The molecule has 0 bridgehead atoms. The highest BCUT2D eigenvalue weighted by Gasteiger charge is 2.46. The van der Waals surface area contributed by atoms with Crippen LogP contribution in [0.3, 0.4) is 0 Å². The third-order valence-electron chi connectivity index (χ3n) is 10.3. The molecule has 270 valence electrons. The Morgan fingerprint density at radius 1 is 1.08 bits per heavy atom. The fourth-order valence-corrected chi connectivity index (χ4v) is 8.85. The second kappa shape index (κ2) is 14.1. The lowest BCUT2D eigenvalue weighted by Crippen LogP contribution is -2.61. The smallest absolute Gasteiger partial charge is 0.260 e. The molecule has 2 aromatic heterocycles. The maximum Gasteiger partial charge on any atom is 0.260 e. The highest BCUT2D eigenvalue weighted by Crippen LogP contribution is 2.45. The van der Waals surface area contributed by atoms with Crippen LogP contribution in [0.4, 0.5) is 10.2 Å². The van der Waals surface area contributed by atoms with Crippen molar-refractivity contribution in [3.63, 3.8) is 0 Å². The van der Waals surface area contributed by atoms with Gasteiger partial charge in [0.25, 0.3) is 15.9 Å². The predicted molar refractivity (Wildman–Crippen MR) is 181 cm³/mol. The quantitative estimate of drug-likeness (QED) is 0.350. The van der Waals surface area contributed by atoms with Crippen LogP contribution in [0.15, 0.2) is 48.0 Å². The normalized spacial score (nSPS) is 25.8. The van der Waals surface area contributed by atoms with Crippen molar-refractivity contribution in [3.8, 4) is 11.5 Å². The van der Waals surface area contributed by atoms with Gasteiger partial charge < -0.3 is 28.9 Å². The number of hydrogen-bond acceptors (Lipinski definition) is 11. The molecule has 6 heterocycles. The number of hydrogen-bond donors (Lipinski definition) is 1. The van der Waals surface area contributed by atoms with Crippen LogP contribution < -0.4 is 14.4 Å². The van der Waals surface area contributed by atoms with E-state index in [0.29, 0.717) is 37.8 Å². The zero-order valence-corrected chi connectivity index (χ0v) is 29.5. The number of likely N-dealkylation sites (tertiary alicyclic amines) is 1. The highest BCUT2D eigenvalue weighted by molar-refractivity contribution is 7.89. The van der Waals surface area contributed by atoms with Gasteiger partial charge in [0.1, 0.15) is 17.9 Å². The second-order valence-electron chi connectivity index (χ2n) is 14.2. The van der Waals surface area contributed by atoms with Crippen LogP contribution in [0, 0.1) is 11.2 Å². The molecule has 3 aromatic rings. The molecule has 4 saturated heterocycles. The second-order valence-corrected chi connectivity index (χ2v) is 15.9. The first-order chi connectivity index (χ1) is 24.0. The van der Waals surface area contributed by atoms with Crippen molar-refractivity contribution in [3.05, 3.63) is 54.4 Å². The van der Waals surface area contributed by atoms with E-state index >= 15 is 0 Å². The Kier molecular flexibility index (Phi) is 9.82. The van der Waals surface area contributed by atoms with Crippen molar-refractivity contribution in [2.45, 2.75) is 68.8 Å². The molecule has 14 nitrogen and oxygen atoms in total. The Bertz CT molecular complexity index is 1780. The molecule has 4 aliphatic heterocycles. The van der Waals surface area contributed by atoms with Gasteiger partial charge in [0.15, 0.2) is 16.6 Å². The minimum atomic E-state index is -3.68. The summed E-state index contributed by atoms with van der Waals surface area (Å²) < 4.78 is 61.9. The molecule has 1 spiro atoms. The van der Waals surface area contributed by atoms with Gasteiger partial charge in [0.05, 0.1) is 49.8 Å². The lowest BCUT2D eigenvalue weighted by Gasteiger charge is -2.54. The Hall–Kier alpha value is -3.70. The number of rotatable bonds is 9. The van der Waals surface area contributed by atoms with Crippen molar-refractivity contribution < 1.29 is 31.8 Å². The molecule has 4 fully saturated rings. The van der Waals surface area contributed by atoms with Crippen LogP contribution in [0.5, 0.6) is 11.5 Å². The van der Waals surface area contributed by atoms with Gasteiger partial charge in [-0.15, -0.1) is 0 Å². The number of nitrogens with zero attached hydrogens (tertiary/aromatic N) is 7. The predicted octanol–water partition coefficient (Wildman–Crippen LogP) is 2.82. The Morgan fingerprint density at radius 2 is 1.84 bits per heavy atom. The van der Waals surface area contributed by atoms with Crippen molar-refractivity contribution in [1.29, 1.82) is 0 Å². The molecule has 4 aliphatic rings. The van der Waals surface area contributed by atoms with Crippen LogP contribution in [-0.2, 0) is 26.5 Å². The number of morpholine rings is 1. The third kappa shape index (κ3) is 7.35. The number of ether oxygens (including phenoxy) is 3. The standard InChI is InChI=1S/C34H45FN8O6S/c1-23-17-47-18-24(2)43(23)33(44)28-14-25(35)4-7-29(28)49-30-15-36-22-37-32(30)42-20-34(21-42)9-12-41(13-10-34)16-27-6-5-26(19-48-27)39-50(45,46)31-8-11-40(3)38-31/h4,7-8,11,14-15,22-24,26-27,39H,5-6,9-10,12-13,16-21H2,1-3H3/t23-,24-,26-,27+/m1/s1. The molecular formula is C34H45FN8O6S. The molecule has 50 heavy (non-hydrogen) atoms. The van der Waals surface area contributed by atoms with E-state index in [1.165, 1.54) is 35.3 Å². The highest BCUT2D eigenvalue weighted by atomic mass is 32.2. The molecule has 0 radical (unpaired) electrons. The molecule has 7 rings (SSSR count). The number of aromatic nitrogens is 4. The maximum absolute atomic E-state index is 14.4. The van der Waals surface area contributed by atoms with Gasteiger partial charge in [-0.1, -0.05) is 0 Å². The summed E-state index contributed by atoms with van der Waals surface area (Å²) in [4.78, 5) is 28.8. The molecule has 16 heteroatoms.